The second-order valence-corrected chi connectivity index (χ2v) is 6.33. The van der Waals surface area contributed by atoms with Gasteiger partial charge in [0.15, 0.2) is 0 Å². The fourth-order valence-electron chi connectivity index (χ4n) is 2.40. The van der Waals surface area contributed by atoms with Crippen molar-refractivity contribution in [3.05, 3.63) is 34.1 Å². The van der Waals surface area contributed by atoms with Gasteiger partial charge in [0, 0.05) is 42.8 Å². The number of nitrogens with one attached hydrogen (secondary N) is 1. The van der Waals surface area contributed by atoms with E-state index in [1.807, 2.05) is 6.07 Å². The fourth-order valence-corrected chi connectivity index (χ4v) is 2.81. The van der Waals surface area contributed by atoms with Crippen LogP contribution in [0.5, 0.6) is 0 Å². The summed E-state index contributed by atoms with van der Waals surface area (Å²) in [5, 5.41) is 3.32. The largest absolute Gasteiger partial charge is 0.313 e. The number of benzene rings is 1. The van der Waals surface area contributed by atoms with E-state index in [0.29, 0.717) is 6.54 Å². The van der Waals surface area contributed by atoms with Crippen LogP contribution in [-0.4, -0.2) is 56.1 Å². The molecule has 1 fully saturated rings. The number of halogens is 2. The maximum absolute atomic E-state index is 13.5. The van der Waals surface area contributed by atoms with Crippen molar-refractivity contribution in [1.29, 1.82) is 0 Å². The molecule has 5 heteroatoms. The predicted octanol–water partition coefficient (Wildman–Crippen LogP) is 2.32. The van der Waals surface area contributed by atoms with Crippen LogP contribution in [0, 0.1) is 5.82 Å². The van der Waals surface area contributed by atoms with Gasteiger partial charge in [-0.1, -0.05) is 15.9 Å². The van der Waals surface area contributed by atoms with E-state index >= 15 is 0 Å². The minimum Gasteiger partial charge on any atom is -0.313 e. The van der Waals surface area contributed by atoms with Gasteiger partial charge in [0.05, 0.1) is 0 Å². The molecule has 1 heterocycles. The van der Waals surface area contributed by atoms with Crippen molar-refractivity contribution in [3.8, 4) is 0 Å². The monoisotopic (exact) mass is 343 g/mol. The lowest BCUT2D eigenvalue weighted by atomic mass is 10.2. The first-order valence-electron chi connectivity index (χ1n) is 7.21. The van der Waals surface area contributed by atoms with Crippen molar-refractivity contribution in [2.24, 2.45) is 0 Å². The van der Waals surface area contributed by atoms with Gasteiger partial charge in [-0.25, -0.2) is 4.39 Å². The van der Waals surface area contributed by atoms with Crippen molar-refractivity contribution in [3.63, 3.8) is 0 Å². The Balaban J connectivity index is 1.61. The Morgan fingerprint density at radius 1 is 1.25 bits per heavy atom. The Labute approximate surface area is 129 Å². The first kappa shape index (κ1) is 15.9. The van der Waals surface area contributed by atoms with E-state index in [1.54, 1.807) is 6.07 Å². The second kappa shape index (κ2) is 8.08. The SMILES string of the molecule is CN1CCN(CCCNCc2cc(Br)ccc2F)CC1. The average molecular weight is 344 g/mol. The van der Waals surface area contributed by atoms with Gasteiger partial charge < -0.3 is 15.1 Å². The quantitative estimate of drug-likeness (QED) is 0.799. The summed E-state index contributed by atoms with van der Waals surface area (Å²) in [6, 6.07) is 5.07. The molecule has 0 aliphatic carbocycles. The zero-order valence-corrected chi connectivity index (χ0v) is 13.6. The Morgan fingerprint density at radius 3 is 2.75 bits per heavy atom. The average Bonchev–Trinajstić information content (AvgIpc) is 2.44. The molecule has 1 N–H and O–H groups in total. The van der Waals surface area contributed by atoms with Gasteiger partial charge in [0.1, 0.15) is 5.82 Å². The fraction of sp³-hybridized carbons (Fsp3) is 0.600. The molecule has 1 aliphatic heterocycles. The van der Waals surface area contributed by atoms with Gasteiger partial charge in [-0.2, -0.15) is 0 Å². The lowest BCUT2D eigenvalue weighted by Crippen LogP contribution is -2.45. The molecule has 20 heavy (non-hydrogen) atoms. The zero-order chi connectivity index (χ0) is 14.4. The van der Waals surface area contributed by atoms with Crippen LogP contribution in [0.2, 0.25) is 0 Å². The molecule has 1 aliphatic rings. The van der Waals surface area contributed by atoms with E-state index in [-0.39, 0.29) is 5.82 Å². The summed E-state index contributed by atoms with van der Waals surface area (Å²) in [5.41, 5.74) is 0.721. The summed E-state index contributed by atoms with van der Waals surface area (Å²) < 4.78 is 14.5. The molecule has 0 unspecified atom stereocenters. The summed E-state index contributed by atoms with van der Waals surface area (Å²) in [7, 11) is 2.17. The molecule has 112 valence electrons. The van der Waals surface area contributed by atoms with Crippen LogP contribution < -0.4 is 5.32 Å². The highest BCUT2D eigenvalue weighted by atomic mass is 79.9. The summed E-state index contributed by atoms with van der Waals surface area (Å²) in [5.74, 6) is -0.139. The Kier molecular flexibility index (Phi) is 6.42. The first-order valence-corrected chi connectivity index (χ1v) is 8.00. The van der Waals surface area contributed by atoms with Crippen LogP contribution in [0.25, 0.3) is 0 Å². The molecule has 1 aromatic carbocycles. The van der Waals surface area contributed by atoms with Crippen molar-refractivity contribution in [2.45, 2.75) is 13.0 Å². The van der Waals surface area contributed by atoms with E-state index in [1.165, 1.54) is 6.07 Å². The first-order chi connectivity index (χ1) is 9.65. The third-order valence-electron chi connectivity index (χ3n) is 3.75. The maximum atomic E-state index is 13.5. The highest BCUT2D eigenvalue weighted by molar-refractivity contribution is 9.10. The molecule has 3 nitrogen and oxygen atoms in total. The van der Waals surface area contributed by atoms with Gasteiger partial charge in [0.25, 0.3) is 0 Å². The van der Waals surface area contributed by atoms with Crippen molar-refractivity contribution >= 4 is 15.9 Å². The van der Waals surface area contributed by atoms with E-state index in [4.69, 9.17) is 0 Å². The number of nitrogens with zero attached hydrogens (tertiary/aromatic N) is 2. The van der Waals surface area contributed by atoms with Crippen LogP contribution in [-0.2, 0) is 6.54 Å². The summed E-state index contributed by atoms with van der Waals surface area (Å²) in [6.45, 7) is 7.30. The molecule has 0 spiro atoms. The molecule has 0 aromatic heterocycles. The predicted molar refractivity (Wildman–Crippen MR) is 84.4 cm³/mol. The number of rotatable bonds is 6. The minimum absolute atomic E-state index is 0.139. The highest BCUT2D eigenvalue weighted by Crippen LogP contribution is 2.15. The number of hydrogen-bond donors (Lipinski definition) is 1. The second-order valence-electron chi connectivity index (χ2n) is 5.41. The highest BCUT2D eigenvalue weighted by Gasteiger charge is 2.12. The van der Waals surface area contributed by atoms with E-state index < -0.39 is 0 Å². The van der Waals surface area contributed by atoms with Gasteiger partial charge in [-0.05, 0) is 44.8 Å². The lowest BCUT2D eigenvalue weighted by Gasteiger charge is -2.32. The summed E-state index contributed by atoms with van der Waals surface area (Å²) >= 11 is 3.37. The lowest BCUT2D eigenvalue weighted by molar-refractivity contribution is 0.152. The zero-order valence-electron chi connectivity index (χ0n) is 12.0. The van der Waals surface area contributed by atoms with Crippen molar-refractivity contribution < 1.29 is 4.39 Å². The normalized spacial score (nSPS) is 17.6. The Hall–Kier alpha value is -0.490. The van der Waals surface area contributed by atoms with Crippen molar-refractivity contribution in [1.82, 2.24) is 15.1 Å². The molecule has 0 amide bonds. The summed E-state index contributed by atoms with van der Waals surface area (Å²) in [4.78, 5) is 4.87. The summed E-state index contributed by atoms with van der Waals surface area (Å²) in [6.07, 6.45) is 1.11. The maximum Gasteiger partial charge on any atom is 0.127 e. The van der Waals surface area contributed by atoms with Crippen molar-refractivity contribution in [2.75, 3.05) is 46.3 Å². The molecule has 2 rings (SSSR count). The standard InChI is InChI=1S/C15H23BrFN3/c1-19-7-9-20(10-8-19)6-2-5-18-12-13-11-14(16)3-4-15(13)17/h3-4,11,18H,2,5-10,12H2,1H3. The third kappa shape index (κ3) is 5.13. The number of piperazine rings is 1. The van der Waals surface area contributed by atoms with Gasteiger partial charge in [-0.3, -0.25) is 0 Å². The molecule has 0 bridgehead atoms. The molecular formula is C15H23BrFN3. The van der Waals surface area contributed by atoms with Crippen LogP contribution in [0.3, 0.4) is 0 Å². The smallest absolute Gasteiger partial charge is 0.127 e. The van der Waals surface area contributed by atoms with Gasteiger partial charge in [0.2, 0.25) is 0 Å². The van der Waals surface area contributed by atoms with Gasteiger partial charge in [-0.15, -0.1) is 0 Å². The molecule has 0 radical (unpaired) electrons. The van der Waals surface area contributed by atoms with E-state index in [0.717, 1.165) is 55.7 Å². The van der Waals surface area contributed by atoms with Gasteiger partial charge >= 0.3 is 0 Å². The molecule has 1 aromatic rings. The van der Waals surface area contributed by atoms with Crippen LogP contribution in [0.4, 0.5) is 4.39 Å². The van der Waals surface area contributed by atoms with Crippen LogP contribution in [0.15, 0.2) is 22.7 Å². The van der Waals surface area contributed by atoms with Crippen LogP contribution in [0.1, 0.15) is 12.0 Å². The Morgan fingerprint density at radius 2 is 2.00 bits per heavy atom. The molecule has 1 saturated heterocycles. The topological polar surface area (TPSA) is 18.5 Å². The van der Waals surface area contributed by atoms with Crippen LogP contribution >= 0.6 is 15.9 Å². The Bertz CT molecular complexity index is 420. The minimum atomic E-state index is -0.139. The van der Waals surface area contributed by atoms with E-state index in [2.05, 4.69) is 38.1 Å². The number of hydrogen-bond acceptors (Lipinski definition) is 3. The number of likely N-dealkylation sites (N-methyl/N-ethyl adjacent to an activating group) is 1. The van der Waals surface area contributed by atoms with E-state index in [9.17, 15) is 4.39 Å². The molecule has 0 saturated carbocycles. The molecule has 0 atom stereocenters. The molecular weight excluding hydrogens is 321 g/mol. The third-order valence-corrected chi connectivity index (χ3v) is 4.24.